The van der Waals surface area contributed by atoms with Crippen molar-refractivity contribution in [3.8, 4) is 23.0 Å². The molecule has 0 radical (unpaired) electrons. The molecule has 0 heterocycles. The topological polar surface area (TPSA) is 107 Å². The van der Waals surface area contributed by atoms with E-state index in [9.17, 15) is 9.59 Å². The molecule has 2 N–H and O–H groups in total. The van der Waals surface area contributed by atoms with Gasteiger partial charge in [-0.15, -0.1) is 0 Å². The summed E-state index contributed by atoms with van der Waals surface area (Å²) in [5.74, 6) is 0.854. The number of hydrogen-bond acceptors (Lipinski definition) is 7. The van der Waals surface area contributed by atoms with Crippen molar-refractivity contribution in [2.75, 3.05) is 35.0 Å². The van der Waals surface area contributed by atoms with E-state index in [1.54, 1.807) is 7.11 Å². The lowest BCUT2D eigenvalue weighted by molar-refractivity contribution is -0.120. The van der Waals surface area contributed by atoms with E-state index >= 15 is 0 Å². The van der Waals surface area contributed by atoms with Crippen LogP contribution in [0.5, 0.6) is 23.0 Å². The average Bonchev–Trinajstić information content (AvgIpc) is 2.76. The first-order valence-corrected chi connectivity index (χ1v) is 9.75. The molecule has 0 aromatic heterocycles. The number of amides is 2. The second-order valence-corrected chi connectivity index (χ2v) is 6.95. The molecule has 0 aliphatic carbocycles. The highest BCUT2D eigenvalue weighted by Gasteiger charge is 2.17. The number of nitrogens with zero attached hydrogens (tertiary/aromatic N) is 1. The number of rotatable bonds is 9. The summed E-state index contributed by atoms with van der Waals surface area (Å²) >= 11 is 2.14. The van der Waals surface area contributed by atoms with Crippen LogP contribution in [0.1, 0.15) is 15.9 Å². The molecular weight excluding hydrogens is 505 g/mol. The van der Waals surface area contributed by atoms with Crippen molar-refractivity contribution in [3.05, 3.63) is 45.0 Å². The Labute approximate surface area is 187 Å². The third-order valence-electron chi connectivity index (χ3n) is 3.92. The Balaban J connectivity index is 1.94. The fraction of sp³-hybridized carbons (Fsp3) is 0.250. The Hall–Kier alpha value is -3.02. The fourth-order valence-electron chi connectivity index (χ4n) is 2.46. The summed E-state index contributed by atoms with van der Waals surface area (Å²) in [4.78, 5) is 24.3. The predicted molar refractivity (Wildman–Crippen MR) is 120 cm³/mol. The van der Waals surface area contributed by atoms with Crippen LogP contribution in [-0.4, -0.2) is 53.0 Å². The molecule has 0 saturated carbocycles. The molecule has 0 atom stereocenters. The zero-order valence-corrected chi connectivity index (χ0v) is 19.1. The number of halogens is 1. The van der Waals surface area contributed by atoms with Crippen molar-refractivity contribution in [1.82, 2.24) is 10.7 Å². The maximum Gasteiger partial charge on any atom is 0.259 e. The van der Waals surface area contributed by atoms with Gasteiger partial charge in [0.05, 0.1) is 44.8 Å². The van der Waals surface area contributed by atoms with Gasteiger partial charge in [0, 0.05) is 5.56 Å². The van der Waals surface area contributed by atoms with Crippen molar-refractivity contribution in [2.45, 2.75) is 0 Å². The molecule has 2 rings (SSSR count). The molecule has 0 aliphatic rings. The number of nitrogens with one attached hydrogen (secondary N) is 2. The van der Waals surface area contributed by atoms with Crippen LogP contribution in [0, 0.1) is 3.57 Å². The lowest BCUT2D eigenvalue weighted by Crippen LogP contribution is -2.34. The van der Waals surface area contributed by atoms with Crippen LogP contribution in [0.2, 0.25) is 0 Å². The smallest absolute Gasteiger partial charge is 0.259 e. The zero-order chi connectivity index (χ0) is 22.1. The molecule has 160 valence electrons. The summed E-state index contributed by atoms with van der Waals surface area (Å²) in [6.07, 6.45) is 1.50. The monoisotopic (exact) mass is 527 g/mol. The highest BCUT2D eigenvalue weighted by molar-refractivity contribution is 14.1. The number of carbonyl (C=O) groups is 2. The van der Waals surface area contributed by atoms with Crippen LogP contribution in [-0.2, 0) is 4.79 Å². The van der Waals surface area contributed by atoms with E-state index in [0.717, 1.165) is 14.9 Å². The molecule has 30 heavy (non-hydrogen) atoms. The Bertz CT molecular complexity index is 923. The summed E-state index contributed by atoms with van der Waals surface area (Å²) in [6.45, 7) is -0.257. The maximum absolute atomic E-state index is 12.4. The van der Waals surface area contributed by atoms with Crippen molar-refractivity contribution in [1.29, 1.82) is 0 Å². The average molecular weight is 527 g/mol. The molecule has 0 aliphatic heterocycles. The van der Waals surface area contributed by atoms with Crippen molar-refractivity contribution >= 4 is 40.6 Å². The van der Waals surface area contributed by atoms with Crippen LogP contribution >= 0.6 is 22.6 Å². The molecule has 2 aromatic rings. The standard InChI is InChI=1S/C20H22IN3O6/c1-27-15-6-5-12(7-14(15)21)10-23-24-18(25)11-22-20(26)13-8-16(28-2)19(30-4)17(9-13)29-3/h5-10H,11H2,1-4H3,(H,22,26)(H,24,25)/b23-10+. The second kappa shape index (κ2) is 11.2. The summed E-state index contributed by atoms with van der Waals surface area (Å²) < 4.78 is 21.8. The number of hydrazone groups is 1. The highest BCUT2D eigenvalue weighted by atomic mass is 127. The molecule has 0 bridgehead atoms. The van der Waals surface area contributed by atoms with Crippen LogP contribution in [0.4, 0.5) is 0 Å². The van der Waals surface area contributed by atoms with E-state index in [0.29, 0.717) is 17.2 Å². The van der Waals surface area contributed by atoms with Crippen LogP contribution in [0.15, 0.2) is 35.4 Å². The van der Waals surface area contributed by atoms with Gasteiger partial charge >= 0.3 is 0 Å². The lowest BCUT2D eigenvalue weighted by Gasteiger charge is -2.14. The van der Waals surface area contributed by atoms with Crippen molar-refractivity contribution in [2.24, 2.45) is 5.10 Å². The fourth-order valence-corrected chi connectivity index (χ4v) is 3.22. The molecule has 2 aromatic carbocycles. The highest BCUT2D eigenvalue weighted by Crippen LogP contribution is 2.38. The largest absolute Gasteiger partial charge is 0.496 e. The molecule has 10 heteroatoms. The number of hydrogen-bond donors (Lipinski definition) is 2. The second-order valence-electron chi connectivity index (χ2n) is 5.78. The minimum Gasteiger partial charge on any atom is -0.496 e. The third kappa shape index (κ3) is 5.99. The summed E-state index contributed by atoms with van der Waals surface area (Å²) in [6, 6.07) is 8.48. The molecule has 2 amide bonds. The summed E-state index contributed by atoms with van der Waals surface area (Å²) in [7, 11) is 5.97. The Morgan fingerprint density at radius 3 is 2.13 bits per heavy atom. The number of carbonyl (C=O) groups excluding carboxylic acids is 2. The first-order valence-electron chi connectivity index (χ1n) is 8.67. The van der Waals surface area contributed by atoms with E-state index in [2.05, 4.69) is 38.4 Å². The quantitative estimate of drug-likeness (QED) is 0.294. The van der Waals surface area contributed by atoms with E-state index < -0.39 is 11.8 Å². The maximum atomic E-state index is 12.4. The lowest BCUT2D eigenvalue weighted by atomic mass is 10.1. The van der Waals surface area contributed by atoms with Gasteiger partial charge in [0.1, 0.15) is 5.75 Å². The van der Waals surface area contributed by atoms with Gasteiger partial charge in [0.2, 0.25) is 5.75 Å². The van der Waals surface area contributed by atoms with Gasteiger partial charge in [-0.05, 0) is 58.5 Å². The normalized spacial score (nSPS) is 10.4. The third-order valence-corrected chi connectivity index (χ3v) is 4.76. The first-order chi connectivity index (χ1) is 14.4. The van der Waals surface area contributed by atoms with Gasteiger partial charge in [-0.2, -0.15) is 5.10 Å². The van der Waals surface area contributed by atoms with Crippen molar-refractivity contribution in [3.63, 3.8) is 0 Å². The minimum absolute atomic E-state index is 0.257. The van der Waals surface area contributed by atoms with Gasteiger partial charge in [-0.25, -0.2) is 5.43 Å². The zero-order valence-electron chi connectivity index (χ0n) is 16.9. The number of methoxy groups -OCH3 is 4. The number of benzene rings is 2. The van der Waals surface area contributed by atoms with E-state index in [4.69, 9.17) is 18.9 Å². The Kier molecular flexibility index (Phi) is 8.71. The van der Waals surface area contributed by atoms with Gasteiger partial charge in [0.25, 0.3) is 11.8 Å². The Morgan fingerprint density at radius 1 is 0.967 bits per heavy atom. The molecule has 0 spiro atoms. The molecular formula is C20H22IN3O6. The predicted octanol–water partition coefficient (Wildman–Crippen LogP) is 2.21. The minimum atomic E-state index is -0.477. The SMILES string of the molecule is COc1ccc(/C=N/NC(=O)CNC(=O)c2cc(OC)c(OC)c(OC)c2)cc1I. The van der Waals surface area contributed by atoms with Crippen molar-refractivity contribution < 1.29 is 28.5 Å². The van der Waals surface area contributed by atoms with Crippen LogP contribution in [0.25, 0.3) is 0 Å². The number of ether oxygens (including phenoxy) is 4. The van der Waals surface area contributed by atoms with Crippen LogP contribution in [0.3, 0.4) is 0 Å². The first kappa shape index (κ1) is 23.3. The Morgan fingerprint density at radius 2 is 1.60 bits per heavy atom. The summed E-state index contributed by atoms with van der Waals surface area (Å²) in [5.41, 5.74) is 3.41. The molecule has 9 nitrogen and oxygen atoms in total. The van der Waals surface area contributed by atoms with E-state index in [1.807, 2.05) is 18.2 Å². The van der Waals surface area contributed by atoms with Gasteiger partial charge in [-0.3, -0.25) is 9.59 Å². The summed E-state index contributed by atoms with van der Waals surface area (Å²) in [5, 5.41) is 6.41. The molecule has 0 unspecified atom stereocenters. The van der Waals surface area contributed by atoms with E-state index in [-0.39, 0.29) is 12.1 Å². The van der Waals surface area contributed by atoms with Gasteiger partial charge < -0.3 is 24.3 Å². The molecule has 0 fully saturated rings. The van der Waals surface area contributed by atoms with Gasteiger partial charge in [-0.1, -0.05) is 0 Å². The van der Waals surface area contributed by atoms with Gasteiger partial charge in [0.15, 0.2) is 11.5 Å². The van der Waals surface area contributed by atoms with Crippen LogP contribution < -0.4 is 29.7 Å². The van der Waals surface area contributed by atoms with E-state index in [1.165, 1.54) is 39.7 Å². The molecule has 0 saturated heterocycles.